The molecule has 2 heterocycles. The van der Waals surface area contributed by atoms with Gasteiger partial charge in [-0.25, -0.2) is 4.79 Å². The van der Waals surface area contributed by atoms with E-state index in [4.69, 9.17) is 19.9 Å². The number of hydrogen-bond donors (Lipinski definition) is 1. The Balaban J connectivity index is 2.07. The van der Waals surface area contributed by atoms with Crippen LogP contribution in [0.25, 0.3) is 17.5 Å². The Morgan fingerprint density at radius 3 is 2.51 bits per heavy atom. The van der Waals surface area contributed by atoms with Gasteiger partial charge in [0, 0.05) is 0 Å². The molecule has 0 aliphatic carbocycles. The van der Waals surface area contributed by atoms with Crippen LogP contribution in [-0.4, -0.2) is 31.4 Å². The molecule has 2 N–H and O–H groups in total. The number of fused-ring (bicyclic) bond motifs is 1. The summed E-state index contributed by atoms with van der Waals surface area (Å²) in [6.07, 6.45) is 1.70. The van der Waals surface area contributed by atoms with E-state index in [1.807, 2.05) is 12.1 Å². The standard InChI is InChI=1S/C26H23N3O5S/c1-4-34-26(31)22-21(16-8-6-10-18(13-16)33-3)19(14-27)23(28)29-24(30)20(35-25(22)29)12-15-7-5-9-17(11-15)32-2/h5-13,21H,4,28H2,1-3H3/b20-12+/t21-/m0/s1. The molecule has 1 atom stereocenters. The van der Waals surface area contributed by atoms with Crippen LogP contribution in [-0.2, 0) is 9.53 Å². The van der Waals surface area contributed by atoms with E-state index >= 15 is 0 Å². The number of thiazole rings is 1. The summed E-state index contributed by atoms with van der Waals surface area (Å²) < 4.78 is 17.9. The lowest BCUT2D eigenvalue weighted by atomic mass is 9.84. The molecule has 1 aliphatic rings. The third-order valence-electron chi connectivity index (χ3n) is 5.58. The van der Waals surface area contributed by atoms with Crippen molar-refractivity contribution in [2.24, 2.45) is 5.73 Å². The smallest absolute Gasteiger partial charge is 0.338 e. The Kier molecular flexibility index (Phi) is 6.75. The number of carbonyl (C=O) groups excluding carboxylic acids is 1. The van der Waals surface area contributed by atoms with Gasteiger partial charge in [0.15, 0.2) is 0 Å². The number of nitrogens with two attached hydrogens (primary N) is 1. The second kappa shape index (κ2) is 9.91. The van der Waals surface area contributed by atoms with Crippen molar-refractivity contribution in [1.82, 2.24) is 4.57 Å². The number of nitrogens with zero attached hydrogens (tertiary/aromatic N) is 2. The van der Waals surface area contributed by atoms with Gasteiger partial charge in [-0.05, 0) is 48.4 Å². The molecule has 0 saturated carbocycles. The normalized spacial score (nSPS) is 15.4. The van der Waals surface area contributed by atoms with Gasteiger partial charge in [0.1, 0.15) is 22.0 Å². The van der Waals surface area contributed by atoms with Crippen molar-refractivity contribution < 1.29 is 19.0 Å². The van der Waals surface area contributed by atoms with Crippen molar-refractivity contribution in [3.63, 3.8) is 0 Å². The zero-order chi connectivity index (χ0) is 25.1. The Morgan fingerprint density at radius 2 is 1.86 bits per heavy atom. The van der Waals surface area contributed by atoms with E-state index in [0.29, 0.717) is 26.3 Å². The molecule has 0 unspecified atom stereocenters. The molecule has 3 aromatic rings. The number of carbonyl (C=O) groups is 1. The van der Waals surface area contributed by atoms with Crippen molar-refractivity contribution >= 4 is 34.8 Å². The number of hydrogen-bond acceptors (Lipinski definition) is 8. The first-order chi connectivity index (χ1) is 16.9. The molecule has 0 saturated heterocycles. The van der Waals surface area contributed by atoms with Crippen LogP contribution >= 0.6 is 11.3 Å². The second-order valence-electron chi connectivity index (χ2n) is 7.59. The highest BCUT2D eigenvalue weighted by Crippen LogP contribution is 2.37. The molecule has 1 aliphatic heterocycles. The average molecular weight is 490 g/mol. The van der Waals surface area contributed by atoms with Crippen LogP contribution < -0.4 is 30.0 Å². The number of nitriles is 1. The van der Waals surface area contributed by atoms with Gasteiger partial charge in [0.25, 0.3) is 5.56 Å². The fourth-order valence-corrected chi connectivity index (χ4v) is 5.16. The van der Waals surface area contributed by atoms with Gasteiger partial charge in [-0.3, -0.25) is 9.36 Å². The van der Waals surface area contributed by atoms with Crippen molar-refractivity contribution in [3.8, 4) is 17.6 Å². The Labute approximate surface area is 205 Å². The van der Waals surface area contributed by atoms with Gasteiger partial charge in [-0.15, -0.1) is 11.3 Å². The maximum atomic E-state index is 13.4. The molecule has 0 amide bonds. The number of ether oxygens (including phenoxy) is 3. The number of rotatable bonds is 6. The minimum atomic E-state index is -0.822. The van der Waals surface area contributed by atoms with Crippen LogP contribution in [0.4, 0.5) is 0 Å². The highest BCUT2D eigenvalue weighted by atomic mass is 32.1. The van der Waals surface area contributed by atoms with E-state index in [1.54, 1.807) is 56.5 Å². The lowest BCUT2D eigenvalue weighted by Gasteiger charge is -2.25. The molecule has 178 valence electrons. The van der Waals surface area contributed by atoms with E-state index in [1.165, 1.54) is 11.7 Å². The Hall–Kier alpha value is -4.29. The topological polar surface area (TPSA) is 117 Å². The number of allylic oxidation sites excluding steroid dienone is 1. The van der Waals surface area contributed by atoms with Crippen LogP contribution in [0.1, 0.15) is 24.0 Å². The molecule has 0 bridgehead atoms. The minimum Gasteiger partial charge on any atom is -0.497 e. The largest absolute Gasteiger partial charge is 0.497 e. The van der Waals surface area contributed by atoms with Crippen molar-refractivity contribution in [3.05, 3.63) is 84.8 Å². The summed E-state index contributed by atoms with van der Waals surface area (Å²) >= 11 is 1.12. The molecular formula is C26H23N3O5S. The zero-order valence-corrected chi connectivity index (χ0v) is 20.2. The fraction of sp³-hybridized carbons (Fsp3) is 0.192. The third kappa shape index (κ3) is 4.32. The van der Waals surface area contributed by atoms with E-state index in [-0.39, 0.29) is 23.6 Å². The molecule has 2 aromatic carbocycles. The lowest BCUT2D eigenvalue weighted by molar-refractivity contribution is -0.136. The van der Waals surface area contributed by atoms with E-state index in [9.17, 15) is 14.9 Å². The summed E-state index contributed by atoms with van der Waals surface area (Å²) in [5.74, 6) is -0.263. The Bertz CT molecular complexity index is 1560. The maximum Gasteiger partial charge on any atom is 0.338 e. The Morgan fingerprint density at radius 1 is 1.17 bits per heavy atom. The molecule has 0 radical (unpaired) electrons. The average Bonchev–Trinajstić information content (AvgIpc) is 3.19. The monoisotopic (exact) mass is 489 g/mol. The summed E-state index contributed by atoms with van der Waals surface area (Å²) in [5.41, 5.74) is 7.59. The predicted molar refractivity (Wildman–Crippen MR) is 133 cm³/mol. The number of esters is 1. The zero-order valence-electron chi connectivity index (χ0n) is 19.4. The summed E-state index contributed by atoms with van der Waals surface area (Å²) in [7, 11) is 3.09. The third-order valence-corrected chi connectivity index (χ3v) is 6.69. The van der Waals surface area contributed by atoms with Gasteiger partial charge >= 0.3 is 5.97 Å². The first kappa shape index (κ1) is 23.9. The summed E-state index contributed by atoms with van der Waals surface area (Å²) in [5, 5.41) is 10.0. The molecule has 8 nitrogen and oxygen atoms in total. The summed E-state index contributed by atoms with van der Waals surface area (Å²) in [6, 6.07) is 16.4. The molecule has 4 rings (SSSR count). The van der Waals surface area contributed by atoms with Crippen LogP contribution in [0.3, 0.4) is 0 Å². The molecule has 9 heteroatoms. The van der Waals surface area contributed by atoms with E-state index in [0.717, 1.165) is 16.9 Å². The van der Waals surface area contributed by atoms with Gasteiger partial charge in [-0.1, -0.05) is 24.3 Å². The molecular weight excluding hydrogens is 466 g/mol. The van der Waals surface area contributed by atoms with Gasteiger partial charge in [0.2, 0.25) is 0 Å². The molecule has 0 fully saturated rings. The second-order valence-corrected chi connectivity index (χ2v) is 8.62. The first-order valence-electron chi connectivity index (χ1n) is 10.8. The fourth-order valence-electron chi connectivity index (χ4n) is 3.99. The van der Waals surface area contributed by atoms with Crippen molar-refractivity contribution in [2.45, 2.75) is 12.8 Å². The summed E-state index contributed by atoms with van der Waals surface area (Å²) in [6.45, 7) is 1.83. The molecule has 35 heavy (non-hydrogen) atoms. The first-order valence-corrected chi connectivity index (χ1v) is 11.6. The quantitative estimate of drug-likeness (QED) is 0.526. The maximum absolute atomic E-state index is 13.4. The van der Waals surface area contributed by atoms with E-state index in [2.05, 4.69) is 6.07 Å². The molecule has 0 spiro atoms. The van der Waals surface area contributed by atoms with Gasteiger partial charge < -0.3 is 19.9 Å². The van der Waals surface area contributed by atoms with Crippen molar-refractivity contribution in [1.29, 1.82) is 5.26 Å². The highest BCUT2D eigenvalue weighted by Gasteiger charge is 2.36. The predicted octanol–water partition coefficient (Wildman–Crippen LogP) is 1.92. The number of aromatic nitrogens is 1. The SMILES string of the molecule is CCOC(=O)C1=c2s/c(=C/c3cccc(OC)c3)c(=O)n2C(N)=C(C#N)[C@@H]1c1cccc(OC)c1. The van der Waals surface area contributed by atoms with Gasteiger partial charge in [0.05, 0.1) is 48.5 Å². The highest BCUT2D eigenvalue weighted by molar-refractivity contribution is 7.07. The van der Waals surface area contributed by atoms with Crippen LogP contribution in [0.2, 0.25) is 0 Å². The van der Waals surface area contributed by atoms with Crippen molar-refractivity contribution in [2.75, 3.05) is 20.8 Å². The lowest BCUT2D eigenvalue weighted by Crippen LogP contribution is -2.40. The van der Waals surface area contributed by atoms with Gasteiger partial charge in [-0.2, -0.15) is 5.26 Å². The number of benzene rings is 2. The van der Waals surface area contributed by atoms with Crippen LogP contribution in [0.5, 0.6) is 11.5 Å². The minimum absolute atomic E-state index is 0.0186. The summed E-state index contributed by atoms with van der Waals surface area (Å²) in [4.78, 5) is 26.6. The number of methoxy groups -OCH3 is 2. The van der Waals surface area contributed by atoms with Crippen LogP contribution in [0, 0.1) is 11.3 Å². The van der Waals surface area contributed by atoms with Crippen LogP contribution in [0.15, 0.2) is 58.9 Å². The van der Waals surface area contributed by atoms with E-state index < -0.39 is 17.4 Å². The molecule has 1 aromatic heterocycles.